The third-order valence-corrected chi connectivity index (χ3v) is 4.69. The summed E-state index contributed by atoms with van der Waals surface area (Å²) in [5, 5.41) is 2.77. The van der Waals surface area contributed by atoms with Crippen LogP contribution in [0.3, 0.4) is 0 Å². The average molecular weight is 429 g/mol. The highest BCUT2D eigenvalue weighted by molar-refractivity contribution is 5.99. The van der Waals surface area contributed by atoms with Crippen molar-refractivity contribution in [3.63, 3.8) is 0 Å². The Hall–Kier alpha value is -3.95. The Morgan fingerprint density at radius 3 is 2.61 bits per heavy atom. The molecule has 0 bridgehead atoms. The summed E-state index contributed by atoms with van der Waals surface area (Å²) in [6, 6.07) is 10.7. The van der Waals surface area contributed by atoms with Crippen LogP contribution in [-0.4, -0.2) is 40.5 Å². The van der Waals surface area contributed by atoms with Gasteiger partial charge in [0.25, 0.3) is 5.91 Å². The highest BCUT2D eigenvalue weighted by Gasteiger charge is 2.42. The number of rotatable bonds is 3. The van der Waals surface area contributed by atoms with Crippen LogP contribution >= 0.6 is 0 Å². The van der Waals surface area contributed by atoms with Crippen LogP contribution in [0.15, 0.2) is 48.7 Å². The zero-order valence-corrected chi connectivity index (χ0v) is 15.7. The van der Waals surface area contributed by atoms with Crippen molar-refractivity contribution in [2.75, 3.05) is 6.54 Å². The molecule has 7 nitrogen and oxygen atoms in total. The van der Waals surface area contributed by atoms with Crippen LogP contribution in [0.5, 0.6) is 0 Å². The van der Waals surface area contributed by atoms with E-state index in [-0.39, 0.29) is 11.5 Å². The minimum atomic E-state index is -5.27. The molecule has 4 rings (SSSR count). The summed E-state index contributed by atoms with van der Waals surface area (Å²) in [7, 11) is 0. The lowest BCUT2D eigenvalue weighted by atomic mass is 10.0. The normalized spacial score (nSPS) is 13.3. The monoisotopic (exact) mass is 429 g/mol. The van der Waals surface area contributed by atoms with Gasteiger partial charge in [-0.05, 0) is 30.3 Å². The van der Waals surface area contributed by atoms with Gasteiger partial charge in [0.15, 0.2) is 0 Å². The molecule has 1 amide bonds. The third-order valence-electron chi connectivity index (χ3n) is 4.69. The van der Waals surface area contributed by atoms with Gasteiger partial charge in [-0.25, -0.2) is 9.59 Å². The quantitative estimate of drug-likeness (QED) is 0.492. The Bertz CT molecular complexity index is 1200. The van der Waals surface area contributed by atoms with Gasteiger partial charge in [0.05, 0.1) is 16.8 Å². The molecule has 3 aromatic rings. The topological polar surface area (TPSA) is 101 Å². The van der Waals surface area contributed by atoms with Crippen LogP contribution in [0.4, 0.5) is 13.2 Å². The number of ether oxygens (including phenoxy) is 1. The van der Waals surface area contributed by atoms with E-state index < -0.39 is 18.1 Å². The maximum absolute atomic E-state index is 12.3. The summed E-state index contributed by atoms with van der Waals surface area (Å²) in [6.45, 7) is 0.549. The van der Waals surface area contributed by atoms with Gasteiger partial charge in [0, 0.05) is 41.7 Å². The third kappa shape index (κ3) is 4.18. The number of hydrogen-bond donors (Lipinski definition) is 2. The first-order valence-electron chi connectivity index (χ1n) is 9.12. The number of carbonyl (C=O) groups is 3. The second-order valence-corrected chi connectivity index (χ2v) is 6.77. The lowest BCUT2D eigenvalue weighted by Gasteiger charge is -2.11. The second-order valence-electron chi connectivity index (χ2n) is 6.77. The van der Waals surface area contributed by atoms with Gasteiger partial charge < -0.3 is 15.0 Å². The second kappa shape index (κ2) is 7.71. The number of H-pyrrole nitrogens is 1. The number of carbonyl (C=O) groups excluding carboxylic acids is 3. The lowest BCUT2D eigenvalue weighted by Crippen LogP contribution is -2.31. The van der Waals surface area contributed by atoms with Crippen molar-refractivity contribution in [2.24, 2.45) is 0 Å². The molecular weight excluding hydrogens is 415 g/mol. The molecule has 1 aliphatic rings. The first-order chi connectivity index (χ1) is 14.7. The molecule has 0 aliphatic carbocycles. The molecule has 2 N–H and O–H groups in total. The zero-order valence-electron chi connectivity index (χ0n) is 15.7. The van der Waals surface area contributed by atoms with Crippen LogP contribution in [0, 0.1) is 0 Å². The fraction of sp³-hybridized carbons (Fsp3) is 0.143. The molecule has 0 radical (unpaired) electrons. The lowest BCUT2D eigenvalue weighted by molar-refractivity contribution is -0.193. The van der Waals surface area contributed by atoms with Gasteiger partial charge in [0.2, 0.25) is 0 Å². The highest BCUT2D eigenvalue weighted by atomic mass is 19.4. The summed E-state index contributed by atoms with van der Waals surface area (Å²) in [5.41, 5.74) is 3.48. The number of pyridine rings is 1. The van der Waals surface area contributed by atoms with E-state index in [1.165, 1.54) is 24.4 Å². The number of esters is 2. The maximum atomic E-state index is 12.3. The fourth-order valence-electron chi connectivity index (χ4n) is 3.21. The maximum Gasteiger partial charge on any atom is 0.491 e. The summed E-state index contributed by atoms with van der Waals surface area (Å²) < 4.78 is 40.8. The molecule has 10 heteroatoms. The van der Waals surface area contributed by atoms with Gasteiger partial charge in [-0.2, -0.15) is 13.2 Å². The highest BCUT2D eigenvalue weighted by Crippen LogP contribution is 2.28. The number of alkyl halides is 3. The van der Waals surface area contributed by atoms with Crippen molar-refractivity contribution in [3.8, 4) is 22.5 Å². The smallest absolute Gasteiger partial charge is 0.383 e. The Balaban J connectivity index is 1.62. The van der Waals surface area contributed by atoms with Crippen molar-refractivity contribution in [1.82, 2.24) is 15.3 Å². The number of benzene rings is 1. The Morgan fingerprint density at radius 2 is 1.87 bits per heavy atom. The van der Waals surface area contributed by atoms with Gasteiger partial charge in [-0.3, -0.25) is 9.78 Å². The van der Waals surface area contributed by atoms with E-state index in [4.69, 9.17) is 0 Å². The van der Waals surface area contributed by atoms with E-state index in [1.54, 1.807) is 24.3 Å². The molecular formula is C21H14F3N3O4. The molecule has 0 spiro atoms. The van der Waals surface area contributed by atoms with E-state index in [1.807, 2.05) is 0 Å². The Kier molecular flexibility index (Phi) is 5.05. The molecule has 31 heavy (non-hydrogen) atoms. The van der Waals surface area contributed by atoms with E-state index in [2.05, 4.69) is 20.0 Å². The molecule has 2 aromatic heterocycles. The number of amides is 1. The van der Waals surface area contributed by atoms with Crippen LogP contribution in [0.25, 0.3) is 22.5 Å². The average Bonchev–Trinajstić information content (AvgIpc) is 3.19. The predicted molar refractivity (Wildman–Crippen MR) is 102 cm³/mol. The molecule has 0 atom stereocenters. The molecule has 0 saturated heterocycles. The summed E-state index contributed by atoms with van der Waals surface area (Å²) in [4.78, 5) is 42.2. The van der Waals surface area contributed by atoms with E-state index in [9.17, 15) is 27.6 Å². The number of aromatic amines is 1. The molecule has 1 aliphatic heterocycles. The Labute approximate surface area is 173 Å². The van der Waals surface area contributed by atoms with Gasteiger partial charge in [-0.15, -0.1) is 0 Å². The number of nitrogens with one attached hydrogen (secondary N) is 2. The number of nitrogens with zero attached hydrogens (tertiary/aromatic N) is 1. The van der Waals surface area contributed by atoms with E-state index in [0.717, 1.165) is 11.3 Å². The van der Waals surface area contributed by atoms with Gasteiger partial charge in [-0.1, -0.05) is 12.1 Å². The minimum Gasteiger partial charge on any atom is -0.383 e. The van der Waals surface area contributed by atoms with Crippen molar-refractivity contribution < 1.29 is 32.3 Å². The van der Waals surface area contributed by atoms with Crippen LogP contribution in [0.2, 0.25) is 0 Å². The summed E-state index contributed by atoms with van der Waals surface area (Å²) >= 11 is 0. The molecule has 1 aromatic carbocycles. The number of hydrogen-bond acceptors (Lipinski definition) is 5. The van der Waals surface area contributed by atoms with E-state index >= 15 is 0 Å². The number of aromatic nitrogens is 2. The van der Waals surface area contributed by atoms with Crippen molar-refractivity contribution >= 4 is 17.8 Å². The molecule has 158 valence electrons. The standard InChI is InChI=1S/C21H14F3N3O4/c22-21(23,24)20(30)31-19(29)13-3-1-2-11(8-13)16-9-12(4-6-25-16)17-10-14-15(27-17)5-7-26-18(14)28/h1-4,6,8-10,27H,5,7H2,(H,26,28). The molecule has 0 saturated carbocycles. The van der Waals surface area contributed by atoms with E-state index in [0.29, 0.717) is 35.5 Å². The molecule has 0 unspecified atom stereocenters. The summed E-state index contributed by atoms with van der Waals surface area (Å²) in [6.07, 6.45) is -3.06. The van der Waals surface area contributed by atoms with Crippen molar-refractivity contribution in [3.05, 3.63) is 65.5 Å². The van der Waals surface area contributed by atoms with Crippen LogP contribution in [0.1, 0.15) is 26.4 Å². The predicted octanol–water partition coefficient (Wildman–Crippen LogP) is 3.28. The SMILES string of the molecule is O=C(OC(=O)C(F)(F)F)c1cccc(-c2cc(-c3cc4c([nH]3)CCNC4=O)ccn2)c1. The zero-order chi connectivity index (χ0) is 22.2. The number of fused-ring (bicyclic) bond motifs is 1. The number of halogens is 3. The van der Waals surface area contributed by atoms with Crippen molar-refractivity contribution in [2.45, 2.75) is 12.6 Å². The minimum absolute atomic E-state index is 0.155. The first-order valence-corrected chi connectivity index (χ1v) is 9.12. The fourth-order valence-corrected chi connectivity index (χ4v) is 3.21. The molecule has 0 fully saturated rings. The Morgan fingerprint density at radius 1 is 1.06 bits per heavy atom. The first kappa shape index (κ1) is 20.3. The van der Waals surface area contributed by atoms with Gasteiger partial charge >= 0.3 is 18.1 Å². The molecule has 3 heterocycles. The summed E-state index contributed by atoms with van der Waals surface area (Å²) in [5.74, 6) is -4.15. The largest absolute Gasteiger partial charge is 0.491 e. The van der Waals surface area contributed by atoms with Gasteiger partial charge in [0.1, 0.15) is 0 Å². The van der Waals surface area contributed by atoms with Crippen LogP contribution in [-0.2, 0) is 16.0 Å². The van der Waals surface area contributed by atoms with Crippen molar-refractivity contribution in [1.29, 1.82) is 0 Å². The van der Waals surface area contributed by atoms with Crippen LogP contribution < -0.4 is 5.32 Å².